The van der Waals surface area contributed by atoms with Crippen LogP contribution in [0, 0.1) is 5.82 Å². The normalized spacial score (nSPS) is 17.7. The van der Waals surface area contributed by atoms with Gasteiger partial charge in [-0.05, 0) is 47.3 Å². The van der Waals surface area contributed by atoms with Gasteiger partial charge in [-0.25, -0.2) is 4.39 Å². The van der Waals surface area contributed by atoms with Crippen molar-refractivity contribution >= 4 is 34.5 Å². The number of fused-ring (bicyclic) bond motifs is 1. The number of ether oxygens (including phenoxy) is 1. The first-order valence-corrected chi connectivity index (χ1v) is 10.3. The summed E-state index contributed by atoms with van der Waals surface area (Å²) in [6, 6.07) is 9.28. The molecular weight excluding hydrogens is 439 g/mol. The summed E-state index contributed by atoms with van der Waals surface area (Å²) in [6.45, 7) is -0.101. The average Bonchev–Trinajstić information content (AvgIpc) is 3.29. The van der Waals surface area contributed by atoms with Crippen LogP contribution in [0.4, 0.5) is 10.1 Å². The fraction of sp³-hybridized carbons (Fsp3) is 0.217. The van der Waals surface area contributed by atoms with Crippen LogP contribution in [0.1, 0.15) is 29.7 Å². The molecule has 0 spiro atoms. The number of carbonyl (C=O) groups is 1. The van der Waals surface area contributed by atoms with Crippen molar-refractivity contribution < 1.29 is 28.7 Å². The number of methoxy groups -OCH3 is 1. The van der Waals surface area contributed by atoms with E-state index in [1.165, 1.54) is 19.2 Å². The molecule has 2 heterocycles. The number of aliphatic hydroxyl groups is 2. The summed E-state index contributed by atoms with van der Waals surface area (Å²) in [5, 5.41) is 26.9. The van der Waals surface area contributed by atoms with E-state index < -0.39 is 22.9 Å². The first kappa shape index (κ1) is 20.5. The topological polar surface area (TPSA) is 105 Å². The monoisotopic (exact) mass is 456 g/mol. The zero-order chi connectivity index (χ0) is 22.6. The number of amides is 1. The molecule has 0 atom stereocenters. The number of hydrogen-bond acceptors (Lipinski definition) is 6. The second-order valence-corrected chi connectivity index (χ2v) is 8.33. The molecule has 1 aliphatic carbocycles. The number of anilines is 1. The molecule has 32 heavy (non-hydrogen) atoms. The molecule has 0 unspecified atom stereocenters. The van der Waals surface area contributed by atoms with E-state index in [2.05, 4.69) is 10.5 Å². The molecule has 1 aromatic heterocycles. The molecule has 0 bridgehead atoms. The van der Waals surface area contributed by atoms with Crippen molar-refractivity contribution in [1.29, 1.82) is 0 Å². The number of aliphatic hydroxyl groups excluding tert-OH is 2. The molecule has 0 radical (unpaired) electrons. The summed E-state index contributed by atoms with van der Waals surface area (Å²) in [6.07, 6.45) is 1.49. The smallest absolute Gasteiger partial charge is 0.260 e. The van der Waals surface area contributed by atoms with Crippen LogP contribution in [0.15, 0.2) is 40.9 Å². The van der Waals surface area contributed by atoms with Crippen molar-refractivity contribution in [2.75, 3.05) is 19.0 Å². The van der Waals surface area contributed by atoms with Gasteiger partial charge in [0.15, 0.2) is 5.76 Å². The summed E-state index contributed by atoms with van der Waals surface area (Å²) in [5.74, 6) is -1.26. The quantitative estimate of drug-likeness (QED) is 0.384. The van der Waals surface area contributed by atoms with E-state index in [0.717, 1.165) is 12.8 Å². The van der Waals surface area contributed by atoms with Gasteiger partial charge in [0.2, 0.25) is 5.76 Å². The highest BCUT2D eigenvalue weighted by Gasteiger charge is 2.45. The summed E-state index contributed by atoms with van der Waals surface area (Å²) in [4.78, 5) is 12.6. The number of hydrogen-bond donors (Lipinski definition) is 3. The number of rotatable bonds is 5. The van der Waals surface area contributed by atoms with Gasteiger partial charge in [0.25, 0.3) is 11.8 Å². The van der Waals surface area contributed by atoms with E-state index in [1.54, 1.807) is 24.3 Å². The molecule has 164 valence electrons. The van der Waals surface area contributed by atoms with Crippen LogP contribution < -0.4 is 10.1 Å². The number of nitrogens with one attached hydrogen (secondary N) is 1. The van der Waals surface area contributed by atoms with Crippen LogP contribution in [0.2, 0.25) is 5.02 Å². The fourth-order valence-corrected chi connectivity index (χ4v) is 4.29. The third-order valence-electron chi connectivity index (χ3n) is 6.03. The number of aromatic nitrogens is 1. The summed E-state index contributed by atoms with van der Waals surface area (Å²) < 4.78 is 24.9. The van der Waals surface area contributed by atoms with Crippen LogP contribution in [-0.2, 0) is 10.2 Å². The minimum Gasteiger partial charge on any atom is -0.504 e. The Labute approximate surface area is 187 Å². The highest BCUT2D eigenvalue weighted by molar-refractivity contribution is 6.38. The molecule has 3 aromatic rings. The van der Waals surface area contributed by atoms with Crippen LogP contribution >= 0.6 is 11.6 Å². The fourth-order valence-electron chi connectivity index (χ4n) is 4.01. The lowest BCUT2D eigenvalue weighted by atomic mass is 9.92. The largest absolute Gasteiger partial charge is 0.504 e. The Morgan fingerprint density at radius 2 is 2.06 bits per heavy atom. The van der Waals surface area contributed by atoms with E-state index in [9.17, 15) is 19.4 Å². The van der Waals surface area contributed by atoms with Gasteiger partial charge in [-0.3, -0.25) is 4.79 Å². The van der Waals surface area contributed by atoms with Crippen molar-refractivity contribution in [2.45, 2.75) is 18.3 Å². The van der Waals surface area contributed by atoms with E-state index in [4.69, 9.17) is 20.9 Å². The molecule has 0 saturated heterocycles. The van der Waals surface area contributed by atoms with Gasteiger partial charge in [0, 0.05) is 16.5 Å². The molecule has 1 aliphatic heterocycles. The lowest BCUT2D eigenvalue weighted by Crippen LogP contribution is -2.13. The summed E-state index contributed by atoms with van der Waals surface area (Å²) in [7, 11) is 1.40. The molecule has 2 aromatic carbocycles. The van der Waals surface area contributed by atoms with Crippen LogP contribution in [0.5, 0.6) is 5.88 Å². The number of halogens is 2. The van der Waals surface area contributed by atoms with Gasteiger partial charge < -0.3 is 24.8 Å². The number of carbonyl (C=O) groups excluding carboxylic acids is 1. The van der Waals surface area contributed by atoms with Crippen LogP contribution in [0.3, 0.4) is 0 Å². The SMILES string of the molecule is COc1cc(C(O)=C2C(=O)Nc3cc(Cl)c(-c4ccc(C5(CO)CC5)c(F)c4)cc32)on1. The maximum Gasteiger partial charge on any atom is 0.260 e. The van der Waals surface area contributed by atoms with Crippen LogP contribution in [0.25, 0.3) is 22.5 Å². The zero-order valence-corrected chi connectivity index (χ0v) is 17.7. The first-order chi connectivity index (χ1) is 15.4. The van der Waals surface area contributed by atoms with Crippen molar-refractivity contribution in [2.24, 2.45) is 0 Å². The molecule has 2 aliphatic rings. The summed E-state index contributed by atoms with van der Waals surface area (Å²) in [5.41, 5.74) is 1.75. The predicted molar refractivity (Wildman–Crippen MR) is 116 cm³/mol. The van der Waals surface area contributed by atoms with Gasteiger partial charge in [0.1, 0.15) is 5.82 Å². The molecule has 9 heteroatoms. The predicted octanol–water partition coefficient (Wildman–Crippen LogP) is 4.55. The van der Waals surface area contributed by atoms with Gasteiger partial charge in [-0.15, -0.1) is 0 Å². The van der Waals surface area contributed by atoms with Gasteiger partial charge >= 0.3 is 0 Å². The molecule has 1 saturated carbocycles. The second kappa shape index (κ2) is 7.36. The third kappa shape index (κ3) is 3.14. The van der Waals surface area contributed by atoms with E-state index >= 15 is 0 Å². The lowest BCUT2D eigenvalue weighted by molar-refractivity contribution is -0.110. The maximum atomic E-state index is 14.9. The maximum absolute atomic E-state index is 14.9. The minimum absolute atomic E-state index is 0.0222. The highest BCUT2D eigenvalue weighted by atomic mass is 35.5. The minimum atomic E-state index is -0.541. The molecule has 7 nitrogen and oxygen atoms in total. The number of benzene rings is 2. The Morgan fingerprint density at radius 3 is 2.69 bits per heavy atom. The lowest BCUT2D eigenvalue weighted by Gasteiger charge is -2.15. The Kier molecular flexibility index (Phi) is 4.72. The zero-order valence-electron chi connectivity index (χ0n) is 16.9. The Bertz CT molecular complexity index is 1300. The van der Waals surface area contributed by atoms with Crippen molar-refractivity contribution in [1.82, 2.24) is 5.16 Å². The molecular formula is C23H18ClFN2O5. The second-order valence-electron chi connectivity index (χ2n) is 7.92. The summed E-state index contributed by atoms with van der Waals surface area (Å²) >= 11 is 6.44. The Balaban J connectivity index is 1.60. The Hall–Kier alpha value is -3.36. The molecule has 1 amide bonds. The van der Waals surface area contributed by atoms with E-state index in [1.807, 2.05) is 0 Å². The van der Waals surface area contributed by atoms with E-state index in [0.29, 0.717) is 33.0 Å². The average molecular weight is 457 g/mol. The van der Waals surface area contributed by atoms with Crippen molar-refractivity contribution in [3.63, 3.8) is 0 Å². The third-order valence-corrected chi connectivity index (χ3v) is 6.34. The van der Waals surface area contributed by atoms with Crippen molar-refractivity contribution in [3.05, 3.63) is 64.1 Å². The standard InChI is InChI=1S/C23H18ClFN2O5/c1-31-19-9-18(32-27-19)21(29)20-13-7-12(15(24)8-17(13)26-22(20)30)11-2-3-14(16(25)6-11)23(10-28)4-5-23/h2-3,6-9,28-29H,4-5,10H2,1H3,(H,26,30). The van der Waals surface area contributed by atoms with Gasteiger partial charge in [-0.1, -0.05) is 23.7 Å². The van der Waals surface area contributed by atoms with Crippen molar-refractivity contribution in [3.8, 4) is 17.0 Å². The molecule has 5 rings (SSSR count). The van der Waals surface area contributed by atoms with Crippen LogP contribution in [-0.4, -0.2) is 35.0 Å². The first-order valence-electron chi connectivity index (χ1n) is 9.88. The van der Waals surface area contributed by atoms with Gasteiger partial charge in [0.05, 0.1) is 36.1 Å². The number of nitrogens with zero attached hydrogens (tertiary/aromatic N) is 1. The highest BCUT2D eigenvalue weighted by Crippen LogP contribution is 2.49. The molecule has 3 N–H and O–H groups in total. The molecule has 1 fully saturated rings. The van der Waals surface area contributed by atoms with Gasteiger partial charge in [-0.2, -0.15) is 0 Å². The van der Waals surface area contributed by atoms with E-state index in [-0.39, 0.29) is 23.8 Å². The Morgan fingerprint density at radius 1 is 1.28 bits per heavy atom.